The van der Waals surface area contributed by atoms with Gasteiger partial charge in [-0.15, -0.1) is 10.2 Å². The molecule has 2 aromatic rings. The smallest absolute Gasteiger partial charge is 0.224 e. The molecular formula is C22H33N5O2. The zero-order chi connectivity index (χ0) is 20.9. The number of amides is 1. The highest BCUT2D eigenvalue weighted by molar-refractivity contribution is 5.77. The van der Waals surface area contributed by atoms with E-state index in [4.69, 9.17) is 4.42 Å². The summed E-state index contributed by atoms with van der Waals surface area (Å²) in [5.74, 6) is 0.746. The minimum Gasteiger partial charge on any atom is -0.425 e. The van der Waals surface area contributed by atoms with E-state index in [0.717, 1.165) is 38.3 Å². The topological polar surface area (TPSA) is 74.5 Å². The van der Waals surface area contributed by atoms with Gasteiger partial charge in [0.15, 0.2) is 0 Å². The fourth-order valence-corrected chi connectivity index (χ4v) is 3.84. The van der Waals surface area contributed by atoms with Crippen molar-refractivity contribution in [2.45, 2.75) is 45.6 Å². The molecule has 3 rings (SSSR count). The molecule has 1 saturated heterocycles. The Labute approximate surface area is 173 Å². The van der Waals surface area contributed by atoms with Crippen molar-refractivity contribution in [1.29, 1.82) is 0 Å². The molecule has 0 saturated carbocycles. The Balaban J connectivity index is 1.60. The number of aromatic nitrogens is 2. The van der Waals surface area contributed by atoms with Gasteiger partial charge in [-0.3, -0.25) is 9.69 Å². The van der Waals surface area contributed by atoms with Crippen molar-refractivity contribution < 1.29 is 9.21 Å². The maximum atomic E-state index is 12.8. The lowest BCUT2D eigenvalue weighted by Crippen LogP contribution is -2.58. The van der Waals surface area contributed by atoms with E-state index >= 15 is 0 Å². The van der Waals surface area contributed by atoms with Crippen molar-refractivity contribution in [1.82, 2.24) is 25.3 Å². The average molecular weight is 400 g/mol. The van der Waals surface area contributed by atoms with E-state index in [0.29, 0.717) is 18.3 Å². The van der Waals surface area contributed by atoms with E-state index in [1.807, 2.05) is 30.3 Å². The number of hydrogen-bond donors (Lipinski definition) is 1. The lowest BCUT2D eigenvalue weighted by Gasteiger charge is -2.44. The second-order valence-corrected chi connectivity index (χ2v) is 8.34. The lowest BCUT2D eigenvalue weighted by molar-refractivity contribution is -0.122. The number of piperazine rings is 1. The fourth-order valence-electron chi connectivity index (χ4n) is 3.84. The fraction of sp³-hybridized carbons (Fsp3) is 0.591. The van der Waals surface area contributed by atoms with E-state index < -0.39 is 0 Å². The van der Waals surface area contributed by atoms with Crippen LogP contribution in [0.1, 0.15) is 50.5 Å². The molecule has 29 heavy (non-hydrogen) atoms. The van der Waals surface area contributed by atoms with E-state index in [-0.39, 0.29) is 23.8 Å². The van der Waals surface area contributed by atoms with Crippen molar-refractivity contribution >= 4 is 5.91 Å². The largest absolute Gasteiger partial charge is 0.425 e. The molecule has 1 fully saturated rings. The van der Waals surface area contributed by atoms with Crippen molar-refractivity contribution in [3.8, 4) is 0 Å². The molecule has 158 valence electrons. The second kappa shape index (κ2) is 9.50. The number of hydrogen-bond acceptors (Lipinski definition) is 6. The molecule has 1 aliphatic rings. The summed E-state index contributed by atoms with van der Waals surface area (Å²) in [7, 11) is 0. The van der Waals surface area contributed by atoms with Crippen LogP contribution >= 0.6 is 0 Å². The Morgan fingerprint density at radius 3 is 2.45 bits per heavy atom. The summed E-state index contributed by atoms with van der Waals surface area (Å²) >= 11 is 0. The van der Waals surface area contributed by atoms with Crippen LogP contribution in [0.25, 0.3) is 0 Å². The molecule has 2 heterocycles. The van der Waals surface area contributed by atoms with Gasteiger partial charge in [-0.25, -0.2) is 0 Å². The van der Waals surface area contributed by atoms with Crippen LogP contribution in [0, 0.1) is 6.92 Å². The summed E-state index contributed by atoms with van der Waals surface area (Å²) in [6.45, 7) is 14.3. The molecule has 1 atom stereocenters. The third kappa shape index (κ3) is 5.64. The van der Waals surface area contributed by atoms with Crippen LogP contribution in [0.2, 0.25) is 0 Å². The molecule has 1 aromatic heterocycles. The maximum Gasteiger partial charge on any atom is 0.224 e. The number of likely N-dealkylation sites (N-methyl/N-ethyl adjacent to an activating group) is 1. The molecule has 0 radical (unpaired) electrons. The zero-order valence-corrected chi connectivity index (χ0v) is 18.0. The molecule has 7 nitrogen and oxygen atoms in total. The van der Waals surface area contributed by atoms with Gasteiger partial charge in [-0.1, -0.05) is 37.3 Å². The molecule has 1 unspecified atom stereocenters. The molecule has 0 aliphatic carbocycles. The highest BCUT2D eigenvalue weighted by Crippen LogP contribution is 2.27. The van der Waals surface area contributed by atoms with Gasteiger partial charge in [-0.2, -0.15) is 0 Å². The van der Waals surface area contributed by atoms with Crippen LogP contribution in [-0.2, 0) is 4.79 Å². The summed E-state index contributed by atoms with van der Waals surface area (Å²) in [5, 5.41) is 11.2. The van der Waals surface area contributed by atoms with Crippen LogP contribution in [0.3, 0.4) is 0 Å². The van der Waals surface area contributed by atoms with Gasteiger partial charge in [0.25, 0.3) is 0 Å². The number of nitrogens with zero attached hydrogens (tertiary/aromatic N) is 4. The maximum absolute atomic E-state index is 12.8. The number of benzene rings is 1. The molecule has 0 bridgehead atoms. The first kappa shape index (κ1) is 21.5. The number of nitrogens with one attached hydrogen (secondary N) is 1. The van der Waals surface area contributed by atoms with E-state index in [2.05, 4.69) is 46.1 Å². The van der Waals surface area contributed by atoms with Gasteiger partial charge in [-0.05, 0) is 26.0 Å². The van der Waals surface area contributed by atoms with Crippen LogP contribution in [0.4, 0.5) is 0 Å². The van der Waals surface area contributed by atoms with E-state index in [9.17, 15) is 4.79 Å². The first-order chi connectivity index (χ1) is 13.9. The standard InChI is InChI=1S/C22H33N5O2/c1-5-26-11-13-27(14-12-26)22(3,4)16-23-20(28)15-19(18-9-7-6-8-10-18)21-25-24-17(2)29-21/h6-10,19H,5,11-16H2,1-4H3,(H,23,28). The third-order valence-electron chi connectivity index (χ3n) is 5.82. The minimum atomic E-state index is -0.242. The molecule has 1 aromatic carbocycles. The normalized spacial score (nSPS) is 17.2. The Morgan fingerprint density at radius 2 is 1.86 bits per heavy atom. The highest BCUT2D eigenvalue weighted by atomic mass is 16.4. The number of rotatable bonds is 8. The van der Waals surface area contributed by atoms with Gasteiger partial charge >= 0.3 is 0 Å². The molecule has 1 aliphatic heterocycles. The van der Waals surface area contributed by atoms with Crippen molar-refractivity contribution in [3.05, 3.63) is 47.7 Å². The minimum absolute atomic E-state index is 0.00465. The van der Waals surface area contributed by atoms with Gasteiger partial charge in [0.1, 0.15) is 0 Å². The molecule has 7 heteroatoms. The Hall–Kier alpha value is -2.25. The van der Waals surface area contributed by atoms with Crippen molar-refractivity contribution in [2.75, 3.05) is 39.3 Å². The van der Waals surface area contributed by atoms with Crippen molar-refractivity contribution in [2.24, 2.45) is 0 Å². The average Bonchev–Trinajstić information content (AvgIpc) is 3.17. The van der Waals surface area contributed by atoms with Crippen molar-refractivity contribution in [3.63, 3.8) is 0 Å². The second-order valence-electron chi connectivity index (χ2n) is 8.34. The Morgan fingerprint density at radius 1 is 1.17 bits per heavy atom. The Bertz CT molecular complexity index is 782. The van der Waals surface area contributed by atoms with Gasteiger partial charge in [0.2, 0.25) is 17.7 Å². The monoisotopic (exact) mass is 399 g/mol. The molecule has 0 spiro atoms. The predicted molar refractivity (Wildman–Crippen MR) is 113 cm³/mol. The summed E-state index contributed by atoms with van der Waals surface area (Å²) in [6.07, 6.45) is 0.283. The summed E-state index contributed by atoms with van der Waals surface area (Å²) in [5.41, 5.74) is 0.917. The highest BCUT2D eigenvalue weighted by Gasteiger charge is 2.31. The van der Waals surface area contributed by atoms with E-state index in [1.54, 1.807) is 6.92 Å². The third-order valence-corrected chi connectivity index (χ3v) is 5.82. The van der Waals surface area contributed by atoms with Gasteiger partial charge < -0.3 is 14.6 Å². The van der Waals surface area contributed by atoms with Crippen LogP contribution in [0.5, 0.6) is 0 Å². The predicted octanol–water partition coefficient (Wildman–Crippen LogP) is 2.43. The number of carbonyl (C=O) groups is 1. The van der Waals surface area contributed by atoms with Gasteiger partial charge in [0, 0.05) is 51.6 Å². The first-order valence-electron chi connectivity index (χ1n) is 10.5. The SMILES string of the molecule is CCN1CCN(C(C)(C)CNC(=O)CC(c2ccccc2)c2nnc(C)o2)CC1. The lowest BCUT2D eigenvalue weighted by atomic mass is 9.95. The first-order valence-corrected chi connectivity index (χ1v) is 10.5. The van der Waals surface area contributed by atoms with Crippen LogP contribution < -0.4 is 5.32 Å². The van der Waals surface area contributed by atoms with Gasteiger partial charge in [0.05, 0.1) is 5.92 Å². The quantitative estimate of drug-likeness (QED) is 0.735. The number of aryl methyl sites for hydroxylation is 1. The van der Waals surface area contributed by atoms with Crippen LogP contribution in [0.15, 0.2) is 34.7 Å². The number of carbonyl (C=O) groups excluding carboxylic acids is 1. The molecule has 1 N–H and O–H groups in total. The zero-order valence-electron chi connectivity index (χ0n) is 18.0. The molecular weight excluding hydrogens is 366 g/mol. The van der Waals surface area contributed by atoms with Crippen LogP contribution in [-0.4, -0.2) is 70.7 Å². The summed E-state index contributed by atoms with van der Waals surface area (Å²) < 4.78 is 5.65. The summed E-state index contributed by atoms with van der Waals surface area (Å²) in [6, 6.07) is 9.87. The van der Waals surface area contributed by atoms with E-state index in [1.165, 1.54) is 0 Å². The molecule has 1 amide bonds. The summed E-state index contributed by atoms with van der Waals surface area (Å²) in [4.78, 5) is 17.7. The Kier molecular flexibility index (Phi) is 7.03.